The first-order valence-corrected chi connectivity index (χ1v) is 11.2. The van der Waals surface area contributed by atoms with Crippen LogP contribution in [0.5, 0.6) is 0 Å². The molecule has 0 bridgehead atoms. The average Bonchev–Trinajstić information content (AvgIpc) is 2.66. The van der Waals surface area contributed by atoms with Crippen molar-refractivity contribution in [3.05, 3.63) is 5.21 Å². The van der Waals surface area contributed by atoms with Gasteiger partial charge >= 0.3 is 0 Å². The van der Waals surface area contributed by atoms with Gasteiger partial charge in [-0.05, 0) is 39.3 Å². The number of hydrogen-bond acceptors (Lipinski definition) is 4. The van der Waals surface area contributed by atoms with Crippen LogP contribution >= 0.6 is 0 Å². The second-order valence-electron chi connectivity index (χ2n) is 7.37. The zero-order chi connectivity index (χ0) is 19.8. The van der Waals surface area contributed by atoms with Crippen LogP contribution in [0.3, 0.4) is 0 Å². The average molecular weight is 373 g/mol. The topological polar surface area (TPSA) is 32.8 Å². The van der Waals surface area contributed by atoms with Gasteiger partial charge in [-0.1, -0.05) is 41.5 Å². The molecule has 0 heterocycles. The first-order chi connectivity index (χ1) is 12.5. The summed E-state index contributed by atoms with van der Waals surface area (Å²) in [7, 11) is 0. The highest BCUT2D eigenvalue weighted by atomic mass is 16.5. The molecule has 26 heavy (non-hydrogen) atoms. The normalized spacial score (nSPS) is 12.7. The Hall–Kier alpha value is -0.200. The van der Waals surface area contributed by atoms with Crippen molar-refractivity contribution < 1.29 is 4.65 Å². The summed E-state index contributed by atoms with van der Waals surface area (Å²) in [5.74, 6) is 0. The minimum absolute atomic E-state index is 0.00378. The van der Waals surface area contributed by atoms with Crippen molar-refractivity contribution in [3.63, 3.8) is 0 Å². The zero-order valence-electron chi connectivity index (χ0n) is 18.8. The summed E-state index contributed by atoms with van der Waals surface area (Å²) in [6.45, 7) is 25.2. The van der Waals surface area contributed by atoms with Crippen LogP contribution in [-0.4, -0.2) is 97.9 Å². The van der Waals surface area contributed by atoms with Crippen molar-refractivity contribution in [1.29, 1.82) is 0 Å². The number of hydroxylamine groups is 3. The standard InChI is InChI=1S/C21H48N4O/c1-7-22(8-2)16-13-19-25(26,20-14-17-23(9-3)10-4)21-15-18-24(11-5)12-6/h7-21H2,1-6H3. The lowest BCUT2D eigenvalue weighted by Crippen LogP contribution is -2.47. The molecule has 0 saturated carbocycles. The van der Waals surface area contributed by atoms with E-state index in [1.165, 1.54) is 0 Å². The Morgan fingerprint density at radius 2 is 0.731 bits per heavy atom. The van der Waals surface area contributed by atoms with Crippen LogP contribution in [-0.2, 0) is 0 Å². The largest absolute Gasteiger partial charge is 0.633 e. The summed E-state index contributed by atoms with van der Waals surface area (Å²) in [5, 5.41) is 13.5. The van der Waals surface area contributed by atoms with Gasteiger partial charge in [0.2, 0.25) is 0 Å². The maximum atomic E-state index is 13.5. The Kier molecular flexibility index (Phi) is 15.7. The molecule has 0 aliphatic carbocycles. The van der Waals surface area contributed by atoms with Gasteiger partial charge in [-0.15, -0.1) is 0 Å². The van der Waals surface area contributed by atoms with E-state index in [4.69, 9.17) is 0 Å². The van der Waals surface area contributed by atoms with E-state index in [1.54, 1.807) is 0 Å². The highest BCUT2D eigenvalue weighted by Crippen LogP contribution is 2.11. The van der Waals surface area contributed by atoms with Gasteiger partial charge in [0.05, 0.1) is 19.6 Å². The molecule has 158 valence electrons. The van der Waals surface area contributed by atoms with Crippen molar-refractivity contribution >= 4 is 0 Å². The number of rotatable bonds is 18. The highest BCUT2D eigenvalue weighted by molar-refractivity contribution is 4.59. The predicted octanol–water partition coefficient (Wildman–Crippen LogP) is 3.50. The Morgan fingerprint density at radius 1 is 0.500 bits per heavy atom. The van der Waals surface area contributed by atoms with E-state index in [0.717, 1.165) is 97.8 Å². The summed E-state index contributed by atoms with van der Waals surface area (Å²) in [4.78, 5) is 7.28. The van der Waals surface area contributed by atoms with Gasteiger partial charge in [-0.25, -0.2) is 0 Å². The minimum atomic E-state index is 0.00378. The van der Waals surface area contributed by atoms with Crippen LogP contribution in [0.1, 0.15) is 60.8 Å². The van der Waals surface area contributed by atoms with Crippen LogP contribution in [0.4, 0.5) is 0 Å². The maximum Gasteiger partial charge on any atom is 0.0796 e. The van der Waals surface area contributed by atoms with Gasteiger partial charge in [0, 0.05) is 38.9 Å². The summed E-state index contributed by atoms with van der Waals surface area (Å²) in [5.41, 5.74) is 0. The Bertz CT molecular complexity index is 257. The SMILES string of the molecule is CCN(CC)CCC[N+]([O-])(CCCN(CC)CC)CCCN(CC)CC. The molecule has 5 heteroatoms. The number of quaternary nitrogens is 1. The molecule has 0 unspecified atom stereocenters. The van der Waals surface area contributed by atoms with E-state index in [1.807, 2.05) is 0 Å². The fourth-order valence-corrected chi connectivity index (χ4v) is 3.70. The van der Waals surface area contributed by atoms with Crippen LogP contribution in [0.2, 0.25) is 0 Å². The minimum Gasteiger partial charge on any atom is -0.633 e. The number of hydrogen-bond donors (Lipinski definition) is 0. The second-order valence-corrected chi connectivity index (χ2v) is 7.37. The third-order valence-electron chi connectivity index (χ3n) is 5.80. The van der Waals surface area contributed by atoms with E-state index in [0.29, 0.717) is 0 Å². The number of nitrogens with zero attached hydrogens (tertiary/aromatic N) is 4. The second kappa shape index (κ2) is 15.8. The first-order valence-electron chi connectivity index (χ1n) is 11.2. The van der Waals surface area contributed by atoms with Crippen molar-refractivity contribution in [2.75, 3.05) is 78.5 Å². The van der Waals surface area contributed by atoms with Gasteiger partial charge in [0.1, 0.15) is 0 Å². The van der Waals surface area contributed by atoms with Gasteiger partial charge in [-0.2, -0.15) is 0 Å². The van der Waals surface area contributed by atoms with Crippen LogP contribution < -0.4 is 0 Å². The molecule has 0 aromatic rings. The molecular weight excluding hydrogens is 324 g/mol. The fourth-order valence-electron chi connectivity index (χ4n) is 3.70. The van der Waals surface area contributed by atoms with E-state index in [-0.39, 0.29) is 4.65 Å². The van der Waals surface area contributed by atoms with E-state index in [2.05, 4.69) is 56.2 Å². The Morgan fingerprint density at radius 3 is 0.923 bits per heavy atom. The third-order valence-corrected chi connectivity index (χ3v) is 5.80. The molecule has 0 amide bonds. The molecule has 0 saturated heterocycles. The smallest absolute Gasteiger partial charge is 0.0796 e. The molecule has 0 atom stereocenters. The van der Waals surface area contributed by atoms with Crippen LogP contribution in [0.25, 0.3) is 0 Å². The molecule has 5 nitrogen and oxygen atoms in total. The summed E-state index contributed by atoms with van der Waals surface area (Å²) < 4.78 is 0.00378. The summed E-state index contributed by atoms with van der Waals surface area (Å²) in [6, 6.07) is 0. The lowest BCUT2D eigenvalue weighted by Gasteiger charge is -2.44. The quantitative estimate of drug-likeness (QED) is 0.272. The van der Waals surface area contributed by atoms with Crippen LogP contribution in [0, 0.1) is 5.21 Å². The van der Waals surface area contributed by atoms with Crippen molar-refractivity contribution in [1.82, 2.24) is 14.7 Å². The lowest BCUT2D eigenvalue weighted by atomic mass is 10.2. The lowest BCUT2D eigenvalue weighted by molar-refractivity contribution is -0.881. The Labute approximate surface area is 164 Å². The highest BCUT2D eigenvalue weighted by Gasteiger charge is 2.18. The van der Waals surface area contributed by atoms with Gasteiger partial charge in [0.25, 0.3) is 0 Å². The molecule has 0 aliphatic rings. The van der Waals surface area contributed by atoms with Gasteiger partial charge < -0.3 is 24.6 Å². The molecule has 0 radical (unpaired) electrons. The third kappa shape index (κ3) is 11.5. The zero-order valence-corrected chi connectivity index (χ0v) is 18.8. The summed E-state index contributed by atoms with van der Waals surface area (Å²) in [6.07, 6.45) is 3.05. The van der Waals surface area contributed by atoms with Crippen molar-refractivity contribution in [2.45, 2.75) is 60.8 Å². The van der Waals surface area contributed by atoms with E-state index in [9.17, 15) is 5.21 Å². The van der Waals surface area contributed by atoms with E-state index < -0.39 is 0 Å². The van der Waals surface area contributed by atoms with Gasteiger partial charge in [-0.3, -0.25) is 0 Å². The van der Waals surface area contributed by atoms with Crippen molar-refractivity contribution in [2.24, 2.45) is 0 Å². The molecule has 0 N–H and O–H groups in total. The fraction of sp³-hybridized carbons (Fsp3) is 1.00. The van der Waals surface area contributed by atoms with E-state index >= 15 is 0 Å². The first kappa shape index (κ1) is 25.8. The monoisotopic (exact) mass is 372 g/mol. The molecule has 0 aromatic heterocycles. The molecule has 0 aliphatic heterocycles. The summed E-state index contributed by atoms with van der Waals surface area (Å²) >= 11 is 0. The maximum absolute atomic E-state index is 13.5. The molecule has 0 fully saturated rings. The Balaban J connectivity index is 4.52. The molecular formula is C21H48N4O. The molecule has 0 aromatic carbocycles. The van der Waals surface area contributed by atoms with Crippen molar-refractivity contribution in [3.8, 4) is 0 Å². The van der Waals surface area contributed by atoms with Crippen LogP contribution in [0.15, 0.2) is 0 Å². The van der Waals surface area contributed by atoms with Gasteiger partial charge in [0.15, 0.2) is 0 Å². The molecule has 0 rings (SSSR count). The molecule has 0 spiro atoms. The predicted molar refractivity (Wildman–Crippen MR) is 115 cm³/mol.